The van der Waals surface area contributed by atoms with Gasteiger partial charge in [0.15, 0.2) is 0 Å². The van der Waals surface area contributed by atoms with Crippen molar-refractivity contribution in [3.63, 3.8) is 0 Å². The number of β-amino-alcohol motifs (C(OH)–C–C–N with tert-alkyl or cyclic N) is 1. The first-order valence-corrected chi connectivity index (χ1v) is 13.2. The number of aromatic nitrogens is 1. The standard InChI is InChI=1S/C27H27ClF4N4O4/c28-22-12-24-20(11-23(22)29)25(38)21(14-36(24)17-3-4-17)26(39)33-35-9-7-34(8-10-35)13-18(37)15-40-19-5-1-16(2-6-19)27(30,31)32/h1-2,5-6,11-12,14,17-18,37H,3-4,7-10,13,15H2,(H,33,39)/t18-/m1/s1. The number of alkyl halides is 3. The molecule has 1 aromatic heterocycles. The van der Waals surface area contributed by atoms with E-state index in [0.29, 0.717) is 31.7 Å². The number of pyridine rings is 1. The Bertz CT molecular complexity index is 1450. The lowest BCUT2D eigenvalue weighted by atomic mass is 10.1. The molecule has 1 saturated heterocycles. The second-order valence-corrected chi connectivity index (χ2v) is 10.4. The summed E-state index contributed by atoms with van der Waals surface area (Å²) in [7, 11) is 0. The lowest BCUT2D eigenvalue weighted by molar-refractivity contribution is -0.137. The van der Waals surface area contributed by atoms with Crippen molar-refractivity contribution >= 4 is 28.4 Å². The average Bonchev–Trinajstić information content (AvgIpc) is 3.75. The summed E-state index contributed by atoms with van der Waals surface area (Å²) in [5.74, 6) is -1.09. The molecule has 2 aliphatic rings. The molecule has 13 heteroatoms. The van der Waals surface area contributed by atoms with Crippen LogP contribution in [0, 0.1) is 5.82 Å². The summed E-state index contributed by atoms with van der Waals surface area (Å²) >= 11 is 5.94. The molecule has 0 spiro atoms. The number of carbonyl (C=O) groups excluding carboxylic acids is 1. The summed E-state index contributed by atoms with van der Waals surface area (Å²) in [6, 6.07) is 6.85. The Morgan fingerprint density at radius 2 is 1.80 bits per heavy atom. The largest absolute Gasteiger partial charge is 0.491 e. The third-order valence-electron chi connectivity index (χ3n) is 6.98. The van der Waals surface area contributed by atoms with Gasteiger partial charge in [0.25, 0.3) is 5.91 Å². The quantitative estimate of drug-likeness (QED) is 0.393. The number of halogens is 5. The third kappa shape index (κ3) is 6.41. The van der Waals surface area contributed by atoms with Crippen molar-refractivity contribution in [2.24, 2.45) is 0 Å². The minimum atomic E-state index is -4.43. The highest BCUT2D eigenvalue weighted by atomic mass is 35.5. The van der Waals surface area contributed by atoms with E-state index in [9.17, 15) is 32.3 Å². The lowest BCUT2D eigenvalue weighted by Crippen LogP contribution is -2.55. The molecule has 0 unspecified atom stereocenters. The molecule has 1 aliphatic heterocycles. The van der Waals surface area contributed by atoms with Crippen molar-refractivity contribution in [2.75, 3.05) is 39.3 Å². The highest BCUT2D eigenvalue weighted by Crippen LogP contribution is 2.37. The second-order valence-electron chi connectivity index (χ2n) is 10.0. The summed E-state index contributed by atoms with van der Waals surface area (Å²) in [5, 5.41) is 12.0. The van der Waals surface area contributed by atoms with Crippen LogP contribution in [0.4, 0.5) is 17.6 Å². The fraction of sp³-hybridized carbons (Fsp3) is 0.407. The van der Waals surface area contributed by atoms with E-state index >= 15 is 0 Å². The van der Waals surface area contributed by atoms with Crippen LogP contribution in [0.2, 0.25) is 5.02 Å². The van der Waals surface area contributed by atoms with Crippen LogP contribution in [0.1, 0.15) is 34.8 Å². The van der Waals surface area contributed by atoms with Crippen molar-refractivity contribution in [1.29, 1.82) is 0 Å². The van der Waals surface area contributed by atoms with Gasteiger partial charge < -0.3 is 14.4 Å². The van der Waals surface area contributed by atoms with Crippen LogP contribution in [-0.4, -0.2) is 70.9 Å². The molecule has 40 heavy (non-hydrogen) atoms. The van der Waals surface area contributed by atoms with Gasteiger partial charge in [-0.3, -0.25) is 19.9 Å². The predicted octanol–water partition coefficient (Wildman–Crippen LogP) is 3.85. The summed E-state index contributed by atoms with van der Waals surface area (Å²) < 4.78 is 59.4. The minimum absolute atomic E-state index is 0.0839. The molecule has 2 heterocycles. The molecule has 0 bridgehead atoms. The maximum atomic E-state index is 14.1. The van der Waals surface area contributed by atoms with Gasteiger partial charge in [0.2, 0.25) is 5.43 Å². The van der Waals surface area contributed by atoms with E-state index in [1.807, 2.05) is 9.47 Å². The zero-order valence-electron chi connectivity index (χ0n) is 21.3. The van der Waals surface area contributed by atoms with Crippen molar-refractivity contribution in [3.8, 4) is 5.75 Å². The highest BCUT2D eigenvalue weighted by molar-refractivity contribution is 6.31. The molecule has 2 N–H and O–H groups in total. The zero-order chi connectivity index (χ0) is 28.6. The van der Waals surface area contributed by atoms with Gasteiger partial charge in [-0.15, -0.1) is 0 Å². The molecular weight excluding hydrogens is 556 g/mol. The molecule has 0 radical (unpaired) electrons. The first-order chi connectivity index (χ1) is 19.0. The maximum absolute atomic E-state index is 14.1. The molecule has 8 nitrogen and oxygen atoms in total. The number of rotatable bonds is 8. The normalized spacial score (nSPS) is 17.6. The third-order valence-corrected chi connectivity index (χ3v) is 7.27. The topological polar surface area (TPSA) is 87.0 Å². The average molecular weight is 583 g/mol. The van der Waals surface area contributed by atoms with Gasteiger partial charge in [-0.2, -0.15) is 13.2 Å². The number of nitrogens with zero attached hydrogens (tertiary/aromatic N) is 3. The van der Waals surface area contributed by atoms with Crippen molar-refractivity contribution in [2.45, 2.75) is 31.2 Å². The number of fused-ring (bicyclic) bond motifs is 1. The molecule has 214 valence electrons. The van der Waals surface area contributed by atoms with Gasteiger partial charge in [0, 0.05) is 50.3 Å². The van der Waals surface area contributed by atoms with Crippen LogP contribution >= 0.6 is 11.6 Å². The van der Waals surface area contributed by atoms with Gasteiger partial charge in [-0.25, -0.2) is 9.40 Å². The number of aliphatic hydroxyl groups excluding tert-OH is 1. The number of piperazine rings is 1. The fourth-order valence-corrected chi connectivity index (χ4v) is 4.85. The molecule has 1 amide bonds. The first-order valence-electron chi connectivity index (χ1n) is 12.8. The Balaban J connectivity index is 1.14. The van der Waals surface area contributed by atoms with Gasteiger partial charge >= 0.3 is 6.18 Å². The van der Waals surface area contributed by atoms with E-state index < -0.39 is 35.0 Å². The summed E-state index contributed by atoms with van der Waals surface area (Å²) in [6.45, 7) is 2.03. The van der Waals surface area contributed by atoms with E-state index in [1.54, 1.807) is 5.01 Å². The van der Waals surface area contributed by atoms with Gasteiger partial charge in [0.05, 0.1) is 16.1 Å². The van der Waals surface area contributed by atoms with Gasteiger partial charge in [-0.05, 0) is 49.2 Å². The molecule has 1 atom stereocenters. The molecule has 2 aromatic carbocycles. The SMILES string of the molecule is O=C(NN1CCN(C[C@@H](O)COc2ccc(C(F)(F)F)cc2)CC1)c1cn(C2CC2)c2cc(Cl)c(F)cc2c1=O. The van der Waals surface area contributed by atoms with Crippen molar-refractivity contribution in [1.82, 2.24) is 19.9 Å². The van der Waals surface area contributed by atoms with E-state index in [4.69, 9.17) is 16.3 Å². The van der Waals surface area contributed by atoms with Crippen molar-refractivity contribution in [3.05, 3.63) is 74.8 Å². The van der Waals surface area contributed by atoms with Crippen molar-refractivity contribution < 1.29 is 32.2 Å². The number of carbonyl (C=O) groups is 1. The van der Waals surface area contributed by atoms with E-state index in [2.05, 4.69) is 5.43 Å². The predicted molar refractivity (Wildman–Crippen MR) is 140 cm³/mol. The van der Waals surface area contributed by atoms with Gasteiger partial charge in [0.1, 0.15) is 29.8 Å². The number of hydrogen-bond donors (Lipinski definition) is 2. The second kappa shape index (κ2) is 11.4. The fourth-order valence-electron chi connectivity index (χ4n) is 4.69. The van der Waals surface area contributed by atoms with Crippen LogP contribution in [0.25, 0.3) is 10.9 Å². The molecule has 5 rings (SSSR count). The number of amides is 1. The van der Waals surface area contributed by atoms with E-state index in [0.717, 1.165) is 31.0 Å². The van der Waals surface area contributed by atoms with Crippen LogP contribution in [-0.2, 0) is 6.18 Å². The molecule has 3 aromatic rings. The Kier molecular flexibility index (Phi) is 8.05. The Morgan fingerprint density at radius 1 is 1.12 bits per heavy atom. The number of ether oxygens (including phenoxy) is 1. The molecular formula is C27H27ClF4N4O4. The maximum Gasteiger partial charge on any atom is 0.416 e. The van der Waals surface area contributed by atoms with Crippen LogP contribution < -0.4 is 15.6 Å². The molecule has 1 aliphatic carbocycles. The Morgan fingerprint density at radius 3 is 2.42 bits per heavy atom. The number of hydrazine groups is 1. The Hall–Kier alpha value is -3.19. The lowest BCUT2D eigenvalue weighted by Gasteiger charge is -2.35. The first kappa shape index (κ1) is 28.3. The van der Waals surface area contributed by atoms with Crippen LogP contribution in [0.15, 0.2) is 47.4 Å². The molecule has 2 fully saturated rings. The van der Waals surface area contributed by atoms with E-state index in [-0.39, 0.29) is 40.9 Å². The molecule has 1 saturated carbocycles. The van der Waals surface area contributed by atoms with E-state index in [1.165, 1.54) is 24.4 Å². The van der Waals surface area contributed by atoms with Gasteiger partial charge in [-0.1, -0.05) is 11.6 Å². The monoisotopic (exact) mass is 582 g/mol. The smallest absolute Gasteiger partial charge is 0.416 e. The number of nitrogens with one attached hydrogen (secondary N) is 1. The van der Waals surface area contributed by atoms with Crippen LogP contribution in [0.5, 0.6) is 5.75 Å². The number of hydrogen-bond acceptors (Lipinski definition) is 6. The Labute approximate surface area is 231 Å². The van der Waals surface area contributed by atoms with Crippen LogP contribution in [0.3, 0.4) is 0 Å². The number of benzene rings is 2. The zero-order valence-corrected chi connectivity index (χ0v) is 22.0. The highest BCUT2D eigenvalue weighted by Gasteiger charge is 2.30. The minimum Gasteiger partial charge on any atom is -0.491 e. The number of aliphatic hydroxyl groups is 1. The summed E-state index contributed by atoms with van der Waals surface area (Å²) in [4.78, 5) is 28.1. The summed E-state index contributed by atoms with van der Waals surface area (Å²) in [6.07, 6.45) is -2.03. The summed E-state index contributed by atoms with van der Waals surface area (Å²) in [5.41, 5.74) is 1.81.